The first-order valence-electron chi connectivity index (χ1n) is 6.39. The molecule has 1 unspecified atom stereocenters. The van der Waals surface area contributed by atoms with Crippen LogP contribution in [0.25, 0.3) is 0 Å². The largest absolute Gasteiger partial charge is 0.419 e. The van der Waals surface area contributed by atoms with E-state index in [9.17, 15) is 13.2 Å². The molecule has 19 heavy (non-hydrogen) atoms. The molecule has 0 aliphatic carbocycles. The van der Waals surface area contributed by atoms with Gasteiger partial charge in [-0.2, -0.15) is 13.2 Å². The van der Waals surface area contributed by atoms with E-state index in [-0.39, 0.29) is 11.9 Å². The molecular formula is C13H16ClF3N2. The standard InChI is InChI=1S/C13H16ClF3N2/c14-9-10-5-2-1-3-8-19(10)12-11(13(15,16)17)6-4-7-18-12/h4,6-7,10H,1-3,5,8-9H2. The number of aromatic nitrogens is 1. The van der Waals surface area contributed by atoms with Crippen LogP contribution >= 0.6 is 11.6 Å². The van der Waals surface area contributed by atoms with Gasteiger partial charge in [-0.1, -0.05) is 12.8 Å². The molecule has 1 aliphatic rings. The van der Waals surface area contributed by atoms with E-state index in [1.807, 2.05) is 0 Å². The molecule has 6 heteroatoms. The Morgan fingerprint density at radius 1 is 1.32 bits per heavy atom. The Labute approximate surface area is 115 Å². The molecule has 1 aromatic rings. The number of rotatable bonds is 2. The van der Waals surface area contributed by atoms with Gasteiger partial charge in [0.1, 0.15) is 5.82 Å². The van der Waals surface area contributed by atoms with Crippen LogP contribution in [0.4, 0.5) is 19.0 Å². The van der Waals surface area contributed by atoms with Crippen LogP contribution in [0.5, 0.6) is 0 Å². The van der Waals surface area contributed by atoms with Crippen LogP contribution in [-0.2, 0) is 6.18 Å². The topological polar surface area (TPSA) is 16.1 Å². The summed E-state index contributed by atoms with van der Waals surface area (Å²) < 4.78 is 39.1. The lowest BCUT2D eigenvalue weighted by atomic mass is 10.1. The average molecular weight is 293 g/mol. The van der Waals surface area contributed by atoms with Crippen molar-refractivity contribution in [3.05, 3.63) is 23.9 Å². The van der Waals surface area contributed by atoms with Gasteiger partial charge in [-0.15, -0.1) is 11.6 Å². The molecule has 106 valence electrons. The zero-order valence-electron chi connectivity index (χ0n) is 10.5. The van der Waals surface area contributed by atoms with Crippen molar-refractivity contribution in [3.63, 3.8) is 0 Å². The van der Waals surface area contributed by atoms with E-state index in [0.29, 0.717) is 12.4 Å². The van der Waals surface area contributed by atoms with Crippen LogP contribution in [0.1, 0.15) is 31.2 Å². The number of alkyl halides is 4. The van der Waals surface area contributed by atoms with Crippen LogP contribution in [0.3, 0.4) is 0 Å². The highest BCUT2D eigenvalue weighted by Crippen LogP contribution is 2.37. The molecule has 0 saturated carbocycles. The summed E-state index contributed by atoms with van der Waals surface area (Å²) >= 11 is 5.91. The lowest BCUT2D eigenvalue weighted by Crippen LogP contribution is -2.38. The molecule has 2 nitrogen and oxygen atoms in total. The first kappa shape index (κ1) is 14.4. The van der Waals surface area contributed by atoms with Gasteiger partial charge in [0, 0.05) is 24.7 Å². The van der Waals surface area contributed by atoms with Crippen molar-refractivity contribution in [2.45, 2.75) is 37.9 Å². The van der Waals surface area contributed by atoms with Gasteiger partial charge >= 0.3 is 6.18 Å². The third-order valence-electron chi connectivity index (χ3n) is 3.42. The van der Waals surface area contributed by atoms with Gasteiger partial charge in [-0.25, -0.2) is 4.98 Å². The van der Waals surface area contributed by atoms with Crippen molar-refractivity contribution in [1.82, 2.24) is 4.98 Å². The molecular weight excluding hydrogens is 277 g/mol. The van der Waals surface area contributed by atoms with Gasteiger partial charge in [0.05, 0.1) is 5.56 Å². The third kappa shape index (κ3) is 3.32. The Bertz CT molecular complexity index is 423. The fraction of sp³-hybridized carbons (Fsp3) is 0.615. The summed E-state index contributed by atoms with van der Waals surface area (Å²) in [6, 6.07) is 2.33. The predicted octanol–water partition coefficient (Wildman–Crippen LogP) is 4.09. The Morgan fingerprint density at radius 3 is 2.79 bits per heavy atom. The van der Waals surface area contributed by atoms with Crippen molar-refractivity contribution >= 4 is 17.4 Å². The molecule has 0 amide bonds. The number of hydrogen-bond donors (Lipinski definition) is 0. The number of halogens is 4. The fourth-order valence-electron chi connectivity index (χ4n) is 2.46. The van der Waals surface area contributed by atoms with Gasteiger partial charge in [-0.05, 0) is 25.0 Å². The third-order valence-corrected chi connectivity index (χ3v) is 3.78. The molecule has 1 fully saturated rings. The lowest BCUT2D eigenvalue weighted by Gasteiger charge is -2.31. The number of anilines is 1. The molecule has 2 rings (SSSR count). The van der Waals surface area contributed by atoms with Crippen LogP contribution in [-0.4, -0.2) is 23.5 Å². The quantitative estimate of drug-likeness (QED) is 0.763. The zero-order valence-corrected chi connectivity index (χ0v) is 11.2. The molecule has 1 atom stereocenters. The predicted molar refractivity (Wildman–Crippen MR) is 69.6 cm³/mol. The smallest absolute Gasteiger partial charge is 0.352 e. The molecule has 0 aromatic carbocycles. The maximum atomic E-state index is 13.0. The SMILES string of the molecule is FC(F)(F)c1cccnc1N1CCCCCC1CCl. The summed E-state index contributed by atoms with van der Waals surface area (Å²) in [7, 11) is 0. The second-order valence-electron chi connectivity index (χ2n) is 4.72. The minimum atomic E-state index is -4.38. The van der Waals surface area contributed by atoms with Crippen molar-refractivity contribution in [2.24, 2.45) is 0 Å². The van der Waals surface area contributed by atoms with E-state index in [2.05, 4.69) is 4.98 Å². The summed E-state index contributed by atoms with van der Waals surface area (Å²) in [6.07, 6.45) is 0.742. The van der Waals surface area contributed by atoms with Crippen LogP contribution < -0.4 is 4.90 Å². The van der Waals surface area contributed by atoms with Crippen molar-refractivity contribution in [1.29, 1.82) is 0 Å². The van der Waals surface area contributed by atoms with Crippen LogP contribution in [0.2, 0.25) is 0 Å². The Balaban J connectivity index is 2.38. The van der Waals surface area contributed by atoms with Crippen molar-refractivity contribution in [2.75, 3.05) is 17.3 Å². The molecule has 0 radical (unpaired) electrons. The lowest BCUT2D eigenvalue weighted by molar-refractivity contribution is -0.137. The second-order valence-corrected chi connectivity index (χ2v) is 5.03. The van der Waals surface area contributed by atoms with Gasteiger partial charge in [-0.3, -0.25) is 0 Å². The minimum absolute atomic E-state index is 0.0163. The van der Waals surface area contributed by atoms with E-state index < -0.39 is 11.7 Å². The number of pyridine rings is 1. The summed E-state index contributed by atoms with van der Waals surface area (Å²) in [4.78, 5) is 5.68. The van der Waals surface area contributed by atoms with Gasteiger partial charge in [0.15, 0.2) is 0 Å². The van der Waals surface area contributed by atoms with E-state index in [1.165, 1.54) is 12.3 Å². The summed E-state index contributed by atoms with van der Waals surface area (Å²) in [5.41, 5.74) is -0.674. The monoisotopic (exact) mass is 292 g/mol. The summed E-state index contributed by atoms with van der Waals surface area (Å²) in [5, 5.41) is 0. The molecule has 0 bridgehead atoms. The van der Waals surface area contributed by atoms with E-state index in [0.717, 1.165) is 31.7 Å². The number of hydrogen-bond acceptors (Lipinski definition) is 2. The van der Waals surface area contributed by atoms with E-state index in [1.54, 1.807) is 4.90 Å². The average Bonchev–Trinajstić information content (AvgIpc) is 2.62. The van der Waals surface area contributed by atoms with Gasteiger partial charge in [0.25, 0.3) is 0 Å². The van der Waals surface area contributed by atoms with Crippen LogP contribution in [0, 0.1) is 0 Å². The van der Waals surface area contributed by atoms with Crippen molar-refractivity contribution in [3.8, 4) is 0 Å². The molecule has 1 aliphatic heterocycles. The Kier molecular flexibility index (Phi) is 4.55. The second kappa shape index (κ2) is 5.99. The number of nitrogens with zero attached hydrogens (tertiary/aromatic N) is 2. The minimum Gasteiger partial charge on any atom is -0.352 e. The highest BCUT2D eigenvalue weighted by Gasteiger charge is 2.37. The fourth-order valence-corrected chi connectivity index (χ4v) is 2.78. The molecule has 1 saturated heterocycles. The summed E-state index contributed by atoms with van der Waals surface area (Å²) in [6.45, 7) is 0.581. The maximum absolute atomic E-state index is 13.0. The highest BCUT2D eigenvalue weighted by molar-refractivity contribution is 6.18. The van der Waals surface area contributed by atoms with Crippen molar-refractivity contribution < 1.29 is 13.2 Å². The van der Waals surface area contributed by atoms with Gasteiger partial charge < -0.3 is 4.90 Å². The molecule has 2 heterocycles. The normalized spacial score (nSPS) is 21.3. The van der Waals surface area contributed by atoms with E-state index in [4.69, 9.17) is 11.6 Å². The van der Waals surface area contributed by atoms with Crippen LogP contribution in [0.15, 0.2) is 18.3 Å². The zero-order chi connectivity index (χ0) is 13.9. The molecule has 0 N–H and O–H groups in total. The Morgan fingerprint density at radius 2 is 2.11 bits per heavy atom. The molecule has 1 aromatic heterocycles. The first-order valence-corrected chi connectivity index (χ1v) is 6.92. The maximum Gasteiger partial charge on any atom is 0.419 e. The highest BCUT2D eigenvalue weighted by atomic mass is 35.5. The first-order chi connectivity index (χ1) is 9.04. The van der Waals surface area contributed by atoms with Gasteiger partial charge in [0.2, 0.25) is 0 Å². The Hall–Kier alpha value is -0.970. The van der Waals surface area contributed by atoms with E-state index >= 15 is 0 Å². The molecule has 0 spiro atoms. The summed E-state index contributed by atoms with van der Waals surface area (Å²) in [5.74, 6) is 0.344.